The van der Waals surface area contributed by atoms with Gasteiger partial charge in [0.1, 0.15) is 0 Å². The Bertz CT molecular complexity index is 584. The van der Waals surface area contributed by atoms with Crippen molar-refractivity contribution in [2.75, 3.05) is 19.6 Å². The molecule has 0 amide bonds. The normalized spacial score (nSPS) is 18.9. The van der Waals surface area contributed by atoms with Crippen molar-refractivity contribution in [3.63, 3.8) is 0 Å². The van der Waals surface area contributed by atoms with Crippen LogP contribution in [-0.2, 0) is 13.0 Å². The molecule has 0 unspecified atom stereocenters. The zero-order valence-electron chi connectivity index (χ0n) is 13.1. The Morgan fingerprint density at radius 1 is 1.32 bits per heavy atom. The van der Waals surface area contributed by atoms with Crippen LogP contribution in [0.25, 0.3) is 11.4 Å². The fourth-order valence-electron chi connectivity index (χ4n) is 2.62. The lowest BCUT2D eigenvalue weighted by atomic mass is 10.1. The van der Waals surface area contributed by atoms with Crippen molar-refractivity contribution >= 4 is 12.4 Å². The first-order valence-electron chi connectivity index (χ1n) is 7.63. The van der Waals surface area contributed by atoms with E-state index in [4.69, 9.17) is 4.52 Å². The lowest BCUT2D eigenvalue weighted by molar-refractivity contribution is 0.146. The van der Waals surface area contributed by atoms with Crippen LogP contribution in [-0.4, -0.2) is 40.7 Å². The molecule has 22 heavy (non-hydrogen) atoms. The number of halogens is 1. The maximum absolute atomic E-state index is 5.40. The average Bonchev–Trinajstić information content (AvgIpc) is 2.98. The Morgan fingerprint density at radius 2 is 2.09 bits per heavy atom. The molecule has 2 aromatic rings. The van der Waals surface area contributed by atoms with Gasteiger partial charge in [0.05, 0.1) is 6.54 Å². The average molecular weight is 323 g/mol. The molecule has 0 aliphatic carbocycles. The molecule has 1 N–H and O–H groups in total. The van der Waals surface area contributed by atoms with Crippen molar-refractivity contribution in [1.29, 1.82) is 0 Å². The summed E-state index contributed by atoms with van der Waals surface area (Å²) in [6.45, 7) is 8.14. The molecule has 6 heteroatoms. The second-order valence-corrected chi connectivity index (χ2v) is 5.59. The van der Waals surface area contributed by atoms with Gasteiger partial charge in [-0.25, -0.2) is 0 Å². The van der Waals surface area contributed by atoms with E-state index >= 15 is 0 Å². The minimum Gasteiger partial charge on any atom is -0.338 e. The number of hydrogen-bond acceptors (Lipinski definition) is 5. The number of aryl methyl sites for hydroxylation is 1. The molecule has 1 fully saturated rings. The Kier molecular flexibility index (Phi) is 5.94. The van der Waals surface area contributed by atoms with Crippen LogP contribution in [0.5, 0.6) is 0 Å². The molecule has 120 valence electrons. The first-order valence-corrected chi connectivity index (χ1v) is 7.63. The zero-order valence-corrected chi connectivity index (χ0v) is 13.9. The van der Waals surface area contributed by atoms with Gasteiger partial charge in [-0.05, 0) is 18.9 Å². The minimum absolute atomic E-state index is 0. The van der Waals surface area contributed by atoms with Crippen LogP contribution < -0.4 is 5.32 Å². The fourth-order valence-corrected chi connectivity index (χ4v) is 2.62. The number of aromatic nitrogens is 2. The number of rotatable bonds is 4. The highest BCUT2D eigenvalue weighted by Gasteiger charge is 2.20. The van der Waals surface area contributed by atoms with Crippen LogP contribution in [0.4, 0.5) is 0 Å². The number of benzene rings is 1. The maximum Gasteiger partial charge on any atom is 0.241 e. The second kappa shape index (κ2) is 7.72. The second-order valence-electron chi connectivity index (χ2n) is 5.59. The molecule has 0 spiro atoms. The maximum atomic E-state index is 5.40. The van der Waals surface area contributed by atoms with Gasteiger partial charge in [-0.15, -0.1) is 12.4 Å². The van der Waals surface area contributed by atoms with E-state index in [1.54, 1.807) is 0 Å². The van der Waals surface area contributed by atoms with Crippen molar-refractivity contribution in [2.45, 2.75) is 32.9 Å². The van der Waals surface area contributed by atoms with Gasteiger partial charge in [-0.1, -0.05) is 36.3 Å². The van der Waals surface area contributed by atoms with Crippen LogP contribution in [0.15, 0.2) is 28.8 Å². The van der Waals surface area contributed by atoms with E-state index in [2.05, 4.69) is 58.5 Å². The third-order valence-corrected chi connectivity index (χ3v) is 4.07. The van der Waals surface area contributed by atoms with Crippen molar-refractivity contribution < 1.29 is 4.52 Å². The van der Waals surface area contributed by atoms with Crippen LogP contribution in [0.1, 0.15) is 25.3 Å². The van der Waals surface area contributed by atoms with Gasteiger partial charge in [0.15, 0.2) is 0 Å². The zero-order chi connectivity index (χ0) is 14.7. The highest BCUT2D eigenvalue weighted by molar-refractivity contribution is 5.85. The molecule has 5 nitrogen and oxygen atoms in total. The number of nitrogens with zero attached hydrogens (tertiary/aromatic N) is 3. The molecular formula is C16H23ClN4O. The quantitative estimate of drug-likeness (QED) is 0.937. The molecule has 1 saturated heterocycles. The monoisotopic (exact) mass is 322 g/mol. The smallest absolute Gasteiger partial charge is 0.241 e. The van der Waals surface area contributed by atoms with Crippen molar-refractivity contribution in [2.24, 2.45) is 0 Å². The predicted molar refractivity (Wildman–Crippen MR) is 89.1 cm³/mol. The topological polar surface area (TPSA) is 54.2 Å². The third-order valence-electron chi connectivity index (χ3n) is 4.07. The first kappa shape index (κ1) is 16.9. The fraction of sp³-hybridized carbons (Fsp3) is 0.500. The third kappa shape index (κ3) is 3.85. The lowest BCUT2D eigenvalue weighted by Crippen LogP contribution is -2.49. The molecule has 2 heterocycles. The van der Waals surface area contributed by atoms with Crippen LogP contribution in [0.3, 0.4) is 0 Å². The number of nitrogens with one attached hydrogen (secondary N) is 1. The summed E-state index contributed by atoms with van der Waals surface area (Å²) < 4.78 is 5.40. The molecule has 1 aliphatic rings. The Labute approximate surface area is 137 Å². The molecule has 1 atom stereocenters. The Hall–Kier alpha value is -1.43. The molecule has 0 saturated carbocycles. The van der Waals surface area contributed by atoms with E-state index in [0.29, 0.717) is 17.8 Å². The van der Waals surface area contributed by atoms with Crippen LogP contribution in [0, 0.1) is 0 Å². The molecule has 1 aliphatic heterocycles. The largest absolute Gasteiger partial charge is 0.338 e. The highest BCUT2D eigenvalue weighted by Crippen LogP contribution is 2.18. The van der Waals surface area contributed by atoms with Crippen LogP contribution >= 0.6 is 12.4 Å². The van der Waals surface area contributed by atoms with Gasteiger partial charge in [0, 0.05) is 31.2 Å². The molecule has 3 rings (SSSR count). The highest BCUT2D eigenvalue weighted by atomic mass is 35.5. The molecule has 0 radical (unpaired) electrons. The Balaban J connectivity index is 0.00000176. The molecule has 0 bridgehead atoms. The summed E-state index contributed by atoms with van der Waals surface area (Å²) in [4.78, 5) is 6.89. The van der Waals surface area contributed by atoms with Crippen molar-refractivity contribution in [3.05, 3.63) is 35.7 Å². The summed E-state index contributed by atoms with van der Waals surface area (Å²) in [5.74, 6) is 1.37. The summed E-state index contributed by atoms with van der Waals surface area (Å²) in [6.07, 6.45) is 1.04. The summed E-state index contributed by atoms with van der Waals surface area (Å²) in [6, 6.07) is 8.84. The van der Waals surface area contributed by atoms with Crippen molar-refractivity contribution in [3.8, 4) is 11.4 Å². The van der Waals surface area contributed by atoms with Gasteiger partial charge in [0.25, 0.3) is 0 Å². The van der Waals surface area contributed by atoms with E-state index < -0.39 is 0 Å². The van der Waals surface area contributed by atoms with E-state index in [-0.39, 0.29) is 12.4 Å². The molecule has 1 aromatic carbocycles. The number of hydrogen-bond donors (Lipinski definition) is 1. The first-order chi connectivity index (χ1) is 10.3. The van der Waals surface area contributed by atoms with E-state index in [9.17, 15) is 0 Å². The van der Waals surface area contributed by atoms with Gasteiger partial charge in [-0.2, -0.15) is 4.98 Å². The van der Waals surface area contributed by atoms with Gasteiger partial charge in [-0.3, -0.25) is 4.90 Å². The minimum atomic E-state index is 0. The van der Waals surface area contributed by atoms with Gasteiger partial charge < -0.3 is 9.84 Å². The van der Waals surface area contributed by atoms with Crippen molar-refractivity contribution in [1.82, 2.24) is 20.4 Å². The van der Waals surface area contributed by atoms with E-state index in [1.165, 1.54) is 5.56 Å². The van der Waals surface area contributed by atoms with Gasteiger partial charge >= 0.3 is 0 Å². The predicted octanol–water partition coefficient (Wildman–Crippen LogP) is 2.51. The summed E-state index contributed by atoms with van der Waals surface area (Å²) in [5.41, 5.74) is 2.33. The molecular weight excluding hydrogens is 300 g/mol. The molecule has 1 aromatic heterocycles. The SMILES string of the molecule is CCc1ccc(-c2noc(CN3CCNC[C@@H]3C)n2)cc1.Cl. The summed E-state index contributed by atoms with van der Waals surface area (Å²) in [7, 11) is 0. The number of piperazine rings is 1. The summed E-state index contributed by atoms with van der Waals surface area (Å²) in [5, 5.41) is 7.49. The standard InChI is InChI=1S/C16H22N4O.ClH/c1-3-13-4-6-14(7-5-13)16-18-15(21-19-16)11-20-9-8-17-10-12(20)2;/h4-7,12,17H,3,8-11H2,1-2H3;1H/t12-;/m0./s1. The lowest BCUT2D eigenvalue weighted by Gasteiger charge is -2.32. The van der Waals surface area contributed by atoms with Crippen LogP contribution in [0.2, 0.25) is 0 Å². The van der Waals surface area contributed by atoms with Gasteiger partial charge in [0.2, 0.25) is 11.7 Å². The van der Waals surface area contributed by atoms with E-state index in [0.717, 1.165) is 38.2 Å². The van der Waals surface area contributed by atoms with E-state index in [1.807, 2.05) is 0 Å². The Morgan fingerprint density at radius 3 is 2.77 bits per heavy atom. The summed E-state index contributed by atoms with van der Waals surface area (Å²) >= 11 is 0.